The van der Waals surface area contributed by atoms with E-state index >= 15 is 0 Å². The highest BCUT2D eigenvalue weighted by Gasteiger charge is 2.18. The van der Waals surface area contributed by atoms with Crippen LogP contribution >= 0.6 is 15.9 Å². The summed E-state index contributed by atoms with van der Waals surface area (Å²) in [4.78, 5) is 11.3. The second-order valence-corrected chi connectivity index (χ2v) is 7.03. The minimum absolute atomic E-state index is 0. The Labute approximate surface area is 177 Å². The molecular weight excluding hydrogens is 388 g/mol. The second kappa shape index (κ2) is 19.9. The third kappa shape index (κ3) is 16.1. The van der Waals surface area contributed by atoms with Crippen LogP contribution in [0.4, 0.5) is 0 Å². The molecule has 0 aliphatic carbocycles. The van der Waals surface area contributed by atoms with E-state index in [1.54, 1.807) is 0 Å². The average Bonchev–Trinajstić information content (AvgIpc) is 2.62. The van der Waals surface area contributed by atoms with Gasteiger partial charge in [-0.3, -0.25) is 0 Å². The molecule has 0 heterocycles. The van der Waals surface area contributed by atoms with Gasteiger partial charge in [0.05, 0.1) is 0 Å². The molecule has 0 aliphatic rings. The summed E-state index contributed by atoms with van der Waals surface area (Å²) in [5.41, 5.74) is 0. The van der Waals surface area contributed by atoms with Gasteiger partial charge in [0, 0.05) is 7.13 Å². The minimum Gasteiger partial charge on any atom is -0.461 e. The van der Waals surface area contributed by atoms with Crippen molar-refractivity contribution in [2.45, 2.75) is 103 Å². The summed E-state index contributed by atoms with van der Waals surface area (Å²) >= 11 is 3.21. The molecule has 0 aliphatic heterocycles. The lowest BCUT2D eigenvalue weighted by Crippen LogP contribution is -2.23. The maximum absolute atomic E-state index is 12.0. The van der Waals surface area contributed by atoms with Crippen LogP contribution in [0.1, 0.15) is 99.0 Å². The molecule has 0 aromatic rings. The molecule has 26 heavy (non-hydrogen) atoms. The molecule has 0 saturated carbocycles. The number of ether oxygens (including phenoxy) is 1. The summed E-state index contributed by atoms with van der Waals surface area (Å²) < 4.78 is 5.51. The van der Waals surface area contributed by atoms with Gasteiger partial charge in [0.25, 0.3) is 0 Å². The number of hydrogen-bond donors (Lipinski definition) is 0. The predicted octanol–water partition coefficient (Wildman–Crippen LogP) is 7.50. The Balaban J connectivity index is -0.000000192. The van der Waals surface area contributed by atoms with Crippen molar-refractivity contribution < 1.29 is 16.7 Å². The summed E-state index contributed by atoms with van der Waals surface area (Å²) in [6.45, 7) is 4.29. The lowest BCUT2D eigenvalue weighted by molar-refractivity contribution is -0.147. The Bertz CT molecular complexity index is 530. The van der Waals surface area contributed by atoms with E-state index in [4.69, 9.17) is 11.2 Å². The van der Waals surface area contributed by atoms with E-state index in [1.165, 1.54) is 51.4 Å². The fraction of sp³-hybridized carbons (Fsp3) is 0.696. The number of esters is 1. The van der Waals surface area contributed by atoms with Crippen LogP contribution in [-0.4, -0.2) is 16.9 Å². The van der Waals surface area contributed by atoms with Gasteiger partial charge in [0.2, 0.25) is 0 Å². The SMILES string of the molecule is C.C#CC#CC#CC(Br)C(=O)O[C@@H](CC)CCCCCCCCCCC.[HH].[HH].[HH].[HH].[HH]. The van der Waals surface area contributed by atoms with E-state index in [0.29, 0.717) is 0 Å². The highest BCUT2D eigenvalue weighted by atomic mass is 79.9. The zero-order valence-corrected chi connectivity index (χ0v) is 17.3. The number of carbonyl (C=O) groups excluding carboxylic acids is 1. The normalized spacial score (nSPS) is 11.5. The van der Waals surface area contributed by atoms with Crippen molar-refractivity contribution >= 4 is 21.9 Å². The largest absolute Gasteiger partial charge is 0.461 e. The van der Waals surface area contributed by atoms with Gasteiger partial charge in [0.15, 0.2) is 4.83 Å². The van der Waals surface area contributed by atoms with Crippen molar-refractivity contribution in [2.24, 2.45) is 0 Å². The maximum atomic E-state index is 12.0. The van der Waals surface area contributed by atoms with E-state index in [0.717, 1.165) is 19.3 Å². The molecule has 0 fully saturated rings. The summed E-state index contributed by atoms with van der Waals surface area (Å²) in [6.07, 6.45) is 18.4. The van der Waals surface area contributed by atoms with Crippen molar-refractivity contribution in [2.75, 3.05) is 0 Å². The average molecular weight is 434 g/mol. The van der Waals surface area contributed by atoms with E-state index in [2.05, 4.69) is 52.5 Å². The van der Waals surface area contributed by atoms with Crippen LogP contribution in [-0.2, 0) is 9.53 Å². The van der Waals surface area contributed by atoms with E-state index in [1.807, 2.05) is 6.92 Å². The number of hydrogen-bond acceptors (Lipinski definition) is 2. The molecule has 0 saturated heterocycles. The van der Waals surface area contributed by atoms with Gasteiger partial charge >= 0.3 is 5.97 Å². The Morgan fingerprint density at radius 1 is 1.00 bits per heavy atom. The maximum Gasteiger partial charge on any atom is 0.332 e. The summed E-state index contributed by atoms with van der Waals surface area (Å²) in [6, 6.07) is 0. The van der Waals surface area contributed by atoms with Crippen molar-refractivity contribution in [3.8, 4) is 36.0 Å². The minimum atomic E-state index is -0.656. The molecular formula is C23H45BrO2. The van der Waals surface area contributed by atoms with Crippen molar-refractivity contribution in [1.29, 1.82) is 0 Å². The number of unbranched alkanes of at least 4 members (excludes halogenated alkanes) is 8. The predicted molar refractivity (Wildman–Crippen MR) is 126 cm³/mol. The first-order chi connectivity index (χ1) is 12.2. The first-order valence-corrected chi connectivity index (χ1v) is 10.4. The zero-order valence-electron chi connectivity index (χ0n) is 15.7. The van der Waals surface area contributed by atoms with Gasteiger partial charge < -0.3 is 4.74 Å². The van der Waals surface area contributed by atoms with Gasteiger partial charge in [-0.1, -0.05) is 94.5 Å². The van der Waals surface area contributed by atoms with Gasteiger partial charge in [-0.15, -0.1) is 6.42 Å². The molecule has 156 valence electrons. The zero-order chi connectivity index (χ0) is 18.8. The molecule has 2 nitrogen and oxygen atoms in total. The third-order valence-corrected chi connectivity index (χ3v) is 4.57. The number of alkyl halides is 1. The molecule has 0 aromatic carbocycles. The van der Waals surface area contributed by atoms with E-state index in [9.17, 15) is 4.79 Å². The van der Waals surface area contributed by atoms with Crippen molar-refractivity contribution in [3.63, 3.8) is 0 Å². The van der Waals surface area contributed by atoms with Crippen LogP contribution < -0.4 is 0 Å². The smallest absolute Gasteiger partial charge is 0.332 e. The Kier molecular flexibility index (Phi) is 20.6. The van der Waals surface area contributed by atoms with Crippen LogP contribution in [0.15, 0.2) is 0 Å². The van der Waals surface area contributed by atoms with E-state index < -0.39 is 4.83 Å². The number of terminal acetylenes is 1. The monoisotopic (exact) mass is 432 g/mol. The third-order valence-electron chi connectivity index (χ3n) is 3.97. The lowest BCUT2D eigenvalue weighted by Gasteiger charge is -2.16. The number of halogens is 1. The van der Waals surface area contributed by atoms with Crippen molar-refractivity contribution in [3.05, 3.63) is 0 Å². The molecule has 2 atom stereocenters. The first-order valence-electron chi connectivity index (χ1n) is 9.46. The molecule has 0 spiro atoms. The van der Waals surface area contributed by atoms with Gasteiger partial charge in [-0.05, 0) is 42.9 Å². The standard InChI is InChI=1S/C22H31BrO2.CH4.5H2/c1-4-7-9-11-12-13-14-15-16-18-20(6-3)25-22(24)21(23)19-17-10-8-5-2;;;;;;/h2,20-21H,4,6-7,9,11-16,18H2,1,3H3;1H4;5*1H/t20-,21?;;;;;;/m0....../s1. The topological polar surface area (TPSA) is 26.3 Å². The Morgan fingerprint density at radius 3 is 2.12 bits per heavy atom. The van der Waals surface area contributed by atoms with Gasteiger partial charge in [-0.2, -0.15) is 0 Å². The molecule has 0 rings (SSSR count). The summed E-state index contributed by atoms with van der Waals surface area (Å²) in [7, 11) is 0. The summed E-state index contributed by atoms with van der Waals surface area (Å²) in [5.74, 6) is 11.9. The highest BCUT2D eigenvalue weighted by molar-refractivity contribution is 9.10. The first kappa shape index (κ1) is 26.9. The molecule has 0 bridgehead atoms. The lowest BCUT2D eigenvalue weighted by atomic mass is 10.0. The second-order valence-electron chi connectivity index (χ2n) is 6.11. The molecule has 3 heteroatoms. The van der Waals surface area contributed by atoms with Crippen LogP contribution in [0.2, 0.25) is 0 Å². The highest BCUT2D eigenvalue weighted by Crippen LogP contribution is 2.15. The van der Waals surface area contributed by atoms with Gasteiger partial charge in [-0.25, -0.2) is 4.79 Å². The van der Waals surface area contributed by atoms with Crippen LogP contribution in [0.25, 0.3) is 0 Å². The fourth-order valence-corrected chi connectivity index (χ4v) is 2.70. The fourth-order valence-electron chi connectivity index (χ4n) is 2.48. The molecule has 0 N–H and O–H groups in total. The quantitative estimate of drug-likeness (QED) is 0.130. The van der Waals surface area contributed by atoms with Crippen LogP contribution in [0.5, 0.6) is 0 Å². The van der Waals surface area contributed by atoms with Gasteiger partial charge in [0.1, 0.15) is 6.10 Å². The van der Waals surface area contributed by atoms with Crippen LogP contribution in [0, 0.1) is 36.0 Å². The summed E-state index contributed by atoms with van der Waals surface area (Å²) in [5, 5.41) is 0. The Morgan fingerprint density at radius 2 is 1.58 bits per heavy atom. The van der Waals surface area contributed by atoms with Crippen LogP contribution in [0.3, 0.4) is 0 Å². The molecule has 0 aromatic heterocycles. The Hall–Kier alpha value is -1.37. The van der Waals surface area contributed by atoms with Crippen molar-refractivity contribution in [1.82, 2.24) is 0 Å². The molecule has 0 amide bonds. The molecule has 0 radical (unpaired) electrons. The van der Waals surface area contributed by atoms with E-state index in [-0.39, 0.29) is 26.6 Å². The number of rotatable bonds is 13. The number of carbonyl (C=O) groups is 1. The molecule has 1 unspecified atom stereocenters.